The third-order valence-electron chi connectivity index (χ3n) is 4.47. The van der Waals surface area contributed by atoms with Crippen molar-refractivity contribution >= 4 is 32.5 Å². The van der Waals surface area contributed by atoms with Crippen LogP contribution in [0.5, 0.6) is 0 Å². The third kappa shape index (κ3) is 2.63. The second-order valence-corrected chi connectivity index (χ2v) is 7.91. The molecule has 11 heteroatoms. The van der Waals surface area contributed by atoms with Gasteiger partial charge in [-0.25, -0.2) is 17.7 Å². The first-order valence-corrected chi connectivity index (χ1v) is 9.54. The number of carbonyl (C=O) groups is 1. The Hall–Kier alpha value is -3.60. The van der Waals surface area contributed by atoms with E-state index in [0.717, 1.165) is 10.6 Å². The Bertz CT molecular complexity index is 1310. The van der Waals surface area contributed by atoms with Crippen LogP contribution < -0.4 is 5.56 Å². The number of hydrogen-bond acceptors (Lipinski definition) is 7. The molecule has 1 aromatic heterocycles. The molecule has 0 bridgehead atoms. The van der Waals surface area contributed by atoms with Crippen molar-refractivity contribution in [2.75, 3.05) is 6.54 Å². The van der Waals surface area contributed by atoms with Gasteiger partial charge in [0, 0.05) is 18.7 Å². The molecule has 0 saturated carbocycles. The summed E-state index contributed by atoms with van der Waals surface area (Å²) in [6.07, 6.45) is 1.22. The number of rotatable bonds is 4. The van der Waals surface area contributed by atoms with E-state index in [-0.39, 0.29) is 40.1 Å². The Kier molecular flexibility index (Phi) is 3.96. The quantitative estimate of drug-likeness (QED) is 0.474. The SMILES string of the molecule is O=C1c2ccccc2S(=O)(=O)N1CCn1cnc2ccc([N+](=O)[O-])cc2c1=O. The largest absolute Gasteiger partial charge is 0.297 e. The van der Waals surface area contributed by atoms with E-state index in [1.54, 1.807) is 6.07 Å². The van der Waals surface area contributed by atoms with Crippen molar-refractivity contribution in [3.8, 4) is 0 Å². The lowest BCUT2D eigenvalue weighted by atomic mass is 10.2. The van der Waals surface area contributed by atoms with Gasteiger partial charge in [-0.1, -0.05) is 12.1 Å². The highest BCUT2D eigenvalue weighted by Gasteiger charge is 2.40. The zero-order valence-corrected chi connectivity index (χ0v) is 15.0. The number of nitro benzene ring substituents is 1. The summed E-state index contributed by atoms with van der Waals surface area (Å²) in [7, 11) is -3.98. The number of sulfonamides is 1. The van der Waals surface area contributed by atoms with Gasteiger partial charge >= 0.3 is 0 Å². The van der Waals surface area contributed by atoms with Gasteiger partial charge in [-0.05, 0) is 18.2 Å². The molecule has 2 aromatic carbocycles. The van der Waals surface area contributed by atoms with E-state index in [2.05, 4.69) is 4.98 Å². The monoisotopic (exact) mass is 400 g/mol. The maximum atomic E-state index is 12.6. The van der Waals surface area contributed by atoms with Gasteiger partial charge in [-0.3, -0.25) is 24.3 Å². The standard InChI is InChI=1S/C17H12N4O6S/c22-16-13-9-11(21(24)25)5-6-14(13)18-10-19(16)7-8-20-17(23)12-3-1-2-4-15(12)28(20,26)27/h1-6,9-10H,7-8H2. The van der Waals surface area contributed by atoms with Gasteiger partial charge in [0.2, 0.25) is 0 Å². The predicted molar refractivity (Wildman–Crippen MR) is 97.3 cm³/mol. The zero-order valence-electron chi connectivity index (χ0n) is 14.2. The van der Waals surface area contributed by atoms with Crippen LogP contribution in [0.4, 0.5) is 5.69 Å². The van der Waals surface area contributed by atoms with Crippen molar-refractivity contribution in [1.29, 1.82) is 0 Å². The molecule has 2 heterocycles. The summed E-state index contributed by atoms with van der Waals surface area (Å²) >= 11 is 0. The first-order chi connectivity index (χ1) is 13.3. The first-order valence-electron chi connectivity index (χ1n) is 8.10. The minimum atomic E-state index is -3.98. The number of non-ortho nitro benzene ring substituents is 1. The fourth-order valence-electron chi connectivity index (χ4n) is 3.07. The van der Waals surface area contributed by atoms with E-state index >= 15 is 0 Å². The molecular weight excluding hydrogens is 388 g/mol. The molecule has 28 heavy (non-hydrogen) atoms. The molecule has 3 aromatic rings. The third-order valence-corrected chi connectivity index (χ3v) is 6.31. The summed E-state index contributed by atoms with van der Waals surface area (Å²) in [4.78, 5) is 39.3. The molecule has 1 aliphatic rings. The predicted octanol–water partition coefficient (Wildman–Crippen LogP) is 1.15. The number of aromatic nitrogens is 2. The number of benzene rings is 2. The van der Waals surface area contributed by atoms with E-state index in [1.165, 1.54) is 36.7 Å². The molecule has 0 atom stereocenters. The summed E-state index contributed by atoms with van der Waals surface area (Å²) < 4.78 is 27.0. The van der Waals surface area contributed by atoms with E-state index < -0.39 is 26.4 Å². The second kappa shape index (κ2) is 6.23. The van der Waals surface area contributed by atoms with Gasteiger partial charge in [0.25, 0.3) is 27.2 Å². The highest BCUT2D eigenvalue weighted by atomic mass is 32.2. The maximum absolute atomic E-state index is 12.6. The van der Waals surface area contributed by atoms with Crippen molar-refractivity contribution in [2.45, 2.75) is 11.4 Å². The summed E-state index contributed by atoms with van der Waals surface area (Å²) in [5.41, 5.74) is -0.446. The minimum Gasteiger partial charge on any atom is -0.297 e. The smallest absolute Gasteiger partial charge is 0.270 e. The van der Waals surface area contributed by atoms with Crippen molar-refractivity contribution in [3.63, 3.8) is 0 Å². The van der Waals surface area contributed by atoms with Crippen molar-refractivity contribution in [1.82, 2.24) is 13.9 Å². The van der Waals surface area contributed by atoms with E-state index in [1.807, 2.05) is 0 Å². The summed E-state index contributed by atoms with van der Waals surface area (Å²) in [6, 6.07) is 9.60. The van der Waals surface area contributed by atoms with Crippen LogP contribution in [-0.2, 0) is 16.6 Å². The number of amides is 1. The molecular formula is C17H12N4O6S. The fraction of sp³-hybridized carbons (Fsp3) is 0.118. The Morgan fingerprint density at radius 3 is 2.54 bits per heavy atom. The Balaban J connectivity index is 1.67. The molecule has 4 rings (SSSR count). The van der Waals surface area contributed by atoms with Crippen LogP contribution in [0.15, 0.2) is 58.5 Å². The van der Waals surface area contributed by atoms with Gasteiger partial charge in [0.15, 0.2) is 0 Å². The lowest BCUT2D eigenvalue weighted by Gasteiger charge is -2.15. The Morgan fingerprint density at radius 2 is 1.82 bits per heavy atom. The first kappa shape index (κ1) is 17.8. The molecule has 0 aliphatic carbocycles. The highest BCUT2D eigenvalue weighted by Crippen LogP contribution is 2.29. The van der Waals surface area contributed by atoms with Crippen LogP contribution in [0.1, 0.15) is 10.4 Å². The van der Waals surface area contributed by atoms with Crippen molar-refractivity contribution < 1.29 is 18.1 Å². The Morgan fingerprint density at radius 1 is 1.07 bits per heavy atom. The van der Waals surface area contributed by atoms with Crippen LogP contribution in [-0.4, -0.2) is 39.6 Å². The fourth-order valence-corrected chi connectivity index (χ4v) is 4.63. The lowest BCUT2D eigenvalue weighted by Crippen LogP contribution is -2.35. The molecule has 0 radical (unpaired) electrons. The van der Waals surface area contributed by atoms with Crippen LogP contribution in [0.2, 0.25) is 0 Å². The summed E-state index contributed by atoms with van der Waals surface area (Å²) in [5.74, 6) is -0.659. The number of nitro groups is 1. The highest BCUT2D eigenvalue weighted by molar-refractivity contribution is 7.90. The molecule has 0 spiro atoms. The zero-order chi connectivity index (χ0) is 20.1. The van der Waals surface area contributed by atoms with Crippen molar-refractivity contribution in [2.24, 2.45) is 0 Å². The van der Waals surface area contributed by atoms with Gasteiger partial charge in [-0.15, -0.1) is 0 Å². The number of fused-ring (bicyclic) bond motifs is 2. The average Bonchev–Trinajstić information content (AvgIpc) is 2.87. The molecule has 142 valence electrons. The normalized spacial score (nSPS) is 15.0. The molecule has 0 unspecified atom stereocenters. The minimum absolute atomic E-state index is 0.0376. The summed E-state index contributed by atoms with van der Waals surface area (Å²) in [5, 5.41) is 11.0. The molecule has 1 amide bonds. The van der Waals surface area contributed by atoms with Crippen LogP contribution >= 0.6 is 0 Å². The number of carbonyl (C=O) groups excluding carboxylic acids is 1. The van der Waals surface area contributed by atoms with E-state index in [0.29, 0.717) is 4.31 Å². The lowest BCUT2D eigenvalue weighted by molar-refractivity contribution is -0.384. The molecule has 1 aliphatic heterocycles. The molecule has 0 saturated heterocycles. The maximum Gasteiger partial charge on any atom is 0.270 e. The van der Waals surface area contributed by atoms with E-state index in [9.17, 15) is 28.1 Å². The Labute approximate surface area is 157 Å². The topological polar surface area (TPSA) is 132 Å². The second-order valence-electron chi connectivity index (χ2n) is 6.08. The van der Waals surface area contributed by atoms with Crippen LogP contribution in [0, 0.1) is 10.1 Å². The van der Waals surface area contributed by atoms with E-state index in [4.69, 9.17) is 0 Å². The van der Waals surface area contributed by atoms with Crippen molar-refractivity contribution in [3.05, 3.63) is 74.8 Å². The van der Waals surface area contributed by atoms with Crippen LogP contribution in [0.3, 0.4) is 0 Å². The van der Waals surface area contributed by atoms with Gasteiger partial charge in [-0.2, -0.15) is 0 Å². The molecule has 0 N–H and O–H groups in total. The average molecular weight is 400 g/mol. The van der Waals surface area contributed by atoms with Gasteiger partial charge in [0.05, 0.1) is 34.3 Å². The number of hydrogen-bond donors (Lipinski definition) is 0. The summed E-state index contributed by atoms with van der Waals surface area (Å²) in [6.45, 7) is -0.401. The van der Waals surface area contributed by atoms with Gasteiger partial charge < -0.3 is 0 Å². The van der Waals surface area contributed by atoms with Crippen LogP contribution in [0.25, 0.3) is 10.9 Å². The molecule has 10 nitrogen and oxygen atoms in total. The molecule has 0 fully saturated rings. The van der Waals surface area contributed by atoms with Gasteiger partial charge in [0.1, 0.15) is 4.90 Å². The number of nitrogens with zero attached hydrogens (tertiary/aromatic N) is 4.